The van der Waals surface area contributed by atoms with E-state index in [0.29, 0.717) is 18.5 Å². The minimum Gasteiger partial charge on any atom is -0.330 e. The summed E-state index contributed by atoms with van der Waals surface area (Å²) in [5, 5.41) is 4.46. The van der Waals surface area contributed by atoms with Crippen molar-refractivity contribution < 1.29 is 0 Å². The molecule has 0 aromatic carbocycles. The van der Waals surface area contributed by atoms with Crippen LogP contribution in [0.1, 0.15) is 37.3 Å². The molecule has 0 saturated carbocycles. The molecule has 1 aromatic heterocycles. The van der Waals surface area contributed by atoms with Gasteiger partial charge in [-0.25, -0.2) is 0 Å². The molecular formula is C11H19N3S. The van der Waals surface area contributed by atoms with Crippen LogP contribution in [0.2, 0.25) is 0 Å². The van der Waals surface area contributed by atoms with Gasteiger partial charge in [0.1, 0.15) is 0 Å². The van der Waals surface area contributed by atoms with Gasteiger partial charge in [0.2, 0.25) is 0 Å². The second-order valence-electron chi connectivity index (χ2n) is 4.23. The molecule has 0 aliphatic carbocycles. The third kappa shape index (κ3) is 2.55. The van der Waals surface area contributed by atoms with E-state index >= 15 is 0 Å². The standard InChI is InChI=1S/C11H19N3S/c1-9(6-12)10-7-13-14(8-10)11-2-4-15-5-3-11/h7-9,11H,2-6,12H2,1H3. The molecule has 1 aliphatic rings. The summed E-state index contributed by atoms with van der Waals surface area (Å²) in [7, 11) is 0. The van der Waals surface area contributed by atoms with E-state index in [1.807, 2.05) is 18.0 Å². The van der Waals surface area contributed by atoms with E-state index in [2.05, 4.69) is 22.9 Å². The zero-order chi connectivity index (χ0) is 10.7. The highest BCUT2D eigenvalue weighted by Crippen LogP contribution is 2.27. The molecule has 1 atom stereocenters. The monoisotopic (exact) mass is 225 g/mol. The molecule has 2 N–H and O–H groups in total. The molecule has 84 valence electrons. The van der Waals surface area contributed by atoms with Crippen molar-refractivity contribution in [2.75, 3.05) is 18.1 Å². The summed E-state index contributed by atoms with van der Waals surface area (Å²) < 4.78 is 2.14. The van der Waals surface area contributed by atoms with Gasteiger partial charge >= 0.3 is 0 Å². The zero-order valence-corrected chi connectivity index (χ0v) is 10.0. The van der Waals surface area contributed by atoms with Crippen LogP contribution in [-0.2, 0) is 0 Å². The van der Waals surface area contributed by atoms with E-state index in [1.54, 1.807) is 0 Å². The molecule has 2 heterocycles. The average Bonchev–Trinajstić information content (AvgIpc) is 2.78. The Hall–Kier alpha value is -0.480. The molecule has 0 spiro atoms. The number of thioether (sulfide) groups is 1. The molecule has 1 fully saturated rings. The Morgan fingerprint density at radius 2 is 2.33 bits per heavy atom. The van der Waals surface area contributed by atoms with Crippen LogP contribution in [0.25, 0.3) is 0 Å². The Kier molecular flexibility index (Phi) is 3.70. The maximum absolute atomic E-state index is 5.65. The molecule has 0 amide bonds. The number of aromatic nitrogens is 2. The Bertz CT molecular complexity index is 305. The summed E-state index contributed by atoms with van der Waals surface area (Å²) in [6.45, 7) is 2.85. The Balaban J connectivity index is 2.05. The van der Waals surface area contributed by atoms with Gasteiger partial charge < -0.3 is 5.73 Å². The highest BCUT2D eigenvalue weighted by molar-refractivity contribution is 7.99. The second kappa shape index (κ2) is 5.03. The van der Waals surface area contributed by atoms with E-state index in [1.165, 1.54) is 29.9 Å². The average molecular weight is 225 g/mol. The van der Waals surface area contributed by atoms with Gasteiger partial charge in [-0.15, -0.1) is 0 Å². The number of rotatable bonds is 3. The first kappa shape index (κ1) is 11.0. The van der Waals surface area contributed by atoms with Gasteiger partial charge in [-0.1, -0.05) is 6.92 Å². The first-order chi connectivity index (χ1) is 7.31. The highest BCUT2D eigenvalue weighted by atomic mass is 32.2. The first-order valence-corrected chi connectivity index (χ1v) is 6.78. The van der Waals surface area contributed by atoms with Crippen molar-refractivity contribution in [1.82, 2.24) is 9.78 Å². The van der Waals surface area contributed by atoms with Gasteiger partial charge in [0.25, 0.3) is 0 Å². The number of hydrogen-bond acceptors (Lipinski definition) is 3. The second-order valence-corrected chi connectivity index (χ2v) is 5.46. The smallest absolute Gasteiger partial charge is 0.0535 e. The van der Waals surface area contributed by atoms with E-state index in [0.717, 1.165) is 0 Å². The maximum atomic E-state index is 5.65. The van der Waals surface area contributed by atoms with Gasteiger partial charge in [0.15, 0.2) is 0 Å². The normalized spacial score (nSPS) is 20.4. The molecule has 1 aliphatic heterocycles. The van der Waals surface area contributed by atoms with E-state index in [-0.39, 0.29) is 0 Å². The van der Waals surface area contributed by atoms with Crippen molar-refractivity contribution in [2.24, 2.45) is 5.73 Å². The highest BCUT2D eigenvalue weighted by Gasteiger charge is 2.17. The molecule has 0 bridgehead atoms. The van der Waals surface area contributed by atoms with Crippen molar-refractivity contribution >= 4 is 11.8 Å². The maximum Gasteiger partial charge on any atom is 0.0535 e. The van der Waals surface area contributed by atoms with Gasteiger partial charge in [-0.3, -0.25) is 4.68 Å². The molecule has 1 aromatic rings. The first-order valence-electron chi connectivity index (χ1n) is 5.63. The van der Waals surface area contributed by atoms with Crippen molar-refractivity contribution in [3.05, 3.63) is 18.0 Å². The fraction of sp³-hybridized carbons (Fsp3) is 0.727. The predicted molar refractivity (Wildman–Crippen MR) is 65.3 cm³/mol. The van der Waals surface area contributed by atoms with E-state index < -0.39 is 0 Å². The minimum atomic E-state index is 0.428. The third-order valence-electron chi connectivity index (χ3n) is 3.11. The lowest BCUT2D eigenvalue weighted by atomic mass is 10.1. The van der Waals surface area contributed by atoms with Crippen molar-refractivity contribution in [2.45, 2.75) is 31.7 Å². The zero-order valence-electron chi connectivity index (χ0n) is 9.22. The minimum absolute atomic E-state index is 0.428. The van der Waals surface area contributed by atoms with Crippen LogP contribution in [0.3, 0.4) is 0 Å². The summed E-state index contributed by atoms with van der Waals surface area (Å²) in [5.41, 5.74) is 6.93. The fourth-order valence-corrected chi connectivity index (χ4v) is 2.97. The quantitative estimate of drug-likeness (QED) is 0.856. The lowest BCUT2D eigenvalue weighted by Crippen LogP contribution is -2.15. The van der Waals surface area contributed by atoms with Crippen LogP contribution >= 0.6 is 11.8 Å². The third-order valence-corrected chi connectivity index (χ3v) is 4.16. The summed E-state index contributed by atoms with van der Waals surface area (Å²) in [6.07, 6.45) is 6.66. The predicted octanol–water partition coefficient (Wildman–Crippen LogP) is 2.01. The lowest BCUT2D eigenvalue weighted by molar-refractivity contribution is 0.426. The topological polar surface area (TPSA) is 43.8 Å². The van der Waals surface area contributed by atoms with Crippen LogP contribution in [0.4, 0.5) is 0 Å². The van der Waals surface area contributed by atoms with Crippen LogP contribution in [0, 0.1) is 0 Å². The Morgan fingerprint density at radius 1 is 1.60 bits per heavy atom. The molecule has 2 rings (SSSR count). The summed E-state index contributed by atoms with van der Waals surface area (Å²) in [5.74, 6) is 2.97. The molecule has 0 radical (unpaired) electrons. The van der Waals surface area contributed by atoms with Crippen LogP contribution in [0.15, 0.2) is 12.4 Å². The number of nitrogens with zero attached hydrogens (tertiary/aromatic N) is 2. The lowest BCUT2D eigenvalue weighted by Gasteiger charge is -2.21. The van der Waals surface area contributed by atoms with Crippen LogP contribution < -0.4 is 5.73 Å². The summed E-state index contributed by atoms with van der Waals surface area (Å²) >= 11 is 2.05. The fourth-order valence-electron chi connectivity index (χ4n) is 1.89. The number of nitrogens with two attached hydrogens (primary N) is 1. The van der Waals surface area contributed by atoms with E-state index in [9.17, 15) is 0 Å². The van der Waals surface area contributed by atoms with Gasteiger partial charge in [0, 0.05) is 6.20 Å². The summed E-state index contributed by atoms with van der Waals surface area (Å²) in [6, 6.07) is 0.616. The molecule has 15 heavy (non-hydrogen) atoms. The molecule has 3 nitrogen and oxygen atoms in total. The largest absolute Gasteiger partial charge is 0.330 e. The molecular weight excluding hydrogens is 206 g/mol. The Labute approximate surface area is 95.4 Å². The van der Waals surface area contributed by atoms with Crippen LogP contribution in [0.5, 0.6) is 0 Å². The van der Waals surface area contributed by atoms with Crippen molar-refractivity contribution in [3.8, 4) is 0 Å². The number of hydrogen-bond donors (Lipinski definition) is 1. The Morgan fingerprint density at radius 3 is 3.00 bits per heavy atom. The molecule has 1 saturated heterocycles. The van der Waals surface area contributed by atoms with Crippen LogP contribution in [-0.4, -0.2) is 27.8 Å². The van der Waals surface area contributed by atoms with Crippen molar-refractivity contribution in [3.63, 3.8) is 0 Å². The SMILES string of the molecule is CC(CN)c1cnn(C2CCSCC2)c1. The molecule has 4 heteroatoms. The van der Waals surface area contributed by atoms with Gasteiger partial charge in [-0.05, 0) is 42.4 Å². The van der Waals surface area contributed by atoms with Crippen molar-refractivity contribution in [1.29, 1.82) is 0 Å². The van der Waals surface area contributed by atoms with Gasteiger partial charge in [0.05, 0.1) is 12.2 Å². The molecule has 1 unspecified atom stereocenters. The summed E-state index contributed by atoms with van der Waals surface area (Å²) in [4.78, 5) is 0. The van der Waals surface area contributed by atoms with E-state index in [4.69, 9.17) is 5.73 Å². The van der Waals surface area contributed by atoms with Gasteiger partial charge in [-0.2, -0.15) is 16.9 Å².